The second-order valence-electron chi connectivity index (χ2n) is 4.54. The van der Waals surface area contributed by atoms with Crippen molar-refractivity contribution in [3.05, 3.63) is 66.2 Å². The van der Waals surface area contributed by atoms with Gasteiger partial charge < -0.3 is 5.32 Å². The third-order valence-corrected chi connectivity index (χ3v) is 4.11. The lowest BCUT2D eigenvalue weighted by atomic mass is 10.1. The number of benzene rings is 2. The summed E-state index contributed by atoms with van der Waals surface area (Å²) in [5.41, 5.74) is 2.02. The molecule has 0 bridgehead atoms. The third kappa shape index (κ3) is 3.08. The number of nitrogens with zero attached hydrogens (tertiary/aromatic N) is 1. The van der Waals surface area contributed by atoms with Crippen molar-refractivity contribution < 1.29 is 4.79 Å². The Kier molecular flexibility index (Phi) is 3.83. The van der Waals surface area contributed by atoms with Crippen LogP contribution in [0, 0.1) is 0 Å². The van der Waals surface area contributed by atoms with Crippen molar-refractivity contribution in [2.45, 2.75) is 11.7 Å². The summed E-state index contributed by atoms with van der Waals surface area (Å²) in [5.74, 6) is 0.0357. The summed E-state index contributed by atoms with van der Waals surface area (Å²) in [6, 6.07) is 19.7. The van der Waals surface area contributed by atoms with Crippen LogP contribution < -0.4 is 5.32 Å². The highest BCUT2D eigenvalue weighted by Crippen LogP contribution is 2.25. The zero-order valence-electron chi connectivity index (χ0n) is 10.8. The number of rotatable bonds is 3. The summed E-state index contributed by atoms with van der Waals surface area (Å²) in [4.78, 5) is 16.4. The second-order valence-corrected chi connectivity index (χ2v) is 5.73. The number of carbonyl (C=O) groups excluding carboxylic acids is 1. The standard InChI is InChI=1S/C16H14N2OS/c19-15-14(11-12-7-3-1-4-8-12)20-16(18-15)17-13-9-5-2-6-10-13/h1-10,14H,11H2,(H,17,18,19)/t14-/m0/s1. The lowest BCUT2D eigenvalue weighted by Gasteiger charge is -2.04. The van der Waals surface area contributed by atoms with Gasteiger partial charge in [0, 0.05) is 0 Å². The summed E-state index contributed by atoms with van der Waals surface area (Å²) in [6.45, 7) is 0. The number of hydrogen-bond donors (Lipinski definition) is 1. The van der Waals surface area contributed by atoms with Gasteiger partial charge >= 0.3 is 0 Å². The van der Waals surface area contributed by atoms with Gasteiger partial charge in [-0.3, -0.25) is 4.79 Å². The zero-order chi connectivity index (χ0) is 13.8. The van der Waals surface area contributed by atoms with Crippen molar-refractivity contribution in [1.29, 1.82) is 0 Å². The number of amidine groups is 1. The molecule has 0 spiro atoms. The second kappa shape index (κ2) is 5.92. The predicted molar refractivity (Wildman–Crippen MR) is 83.2 cm³/mol. The summed E-state index contributed by atoms with van der Waals surface area (Å²) < 4.78 is 0. The van der Waals surface area contributed by atoms with E-state index in [4.69, 9.17) is 0 Å². The van der Waals surface area contributed by atoms with Gasteiger partial charge in [-0.15, -0.1) is 0 Å². The minimum Gasteiger partial charge on any atom is -0.304 e. The van der Waals surface area contributed by atoms with Gasteiger partial charge in [-0.05, 0) is 24.1 Å². The maximum Gasteiger partial charge on any atom is 0.239 e. The molecule has 1 heterocycles. The minimum atomic E-state index is -0.0973. The molecule has 20 heavy (non-hydrogen) atoms. The van der Waals surface area contributed by atoms with Gasteiger partial charge in [0.05, 0.1) is 10.9 Å². The molecule has 1 N–H and O–H groups in total. The Morgan fingerprint density at radius 3 is 2.35 bits per heavy atom. The van der Waals surface area contributed by atoms with Crippen molar-refractivity contribution in [3.63, 3.8) is 0 Å². The van der Waals surface area contributed by atoms with Gasteiger partial charge in [0.25, 0.3) is 0 Å². The van der Waals surface area contributed by atoms with Gasteiger partial charge in [0.1, 0.15) is 0 Å². The highest BCUT2D eigenvalue weighted by molar-refractivity contribution is 8.15. The Bertz CT molecular complexity index is 625. The molecule has 1 aliphatic rings. The summed E-state index contributed by atoms with van der Waals surface area (Å²) in [5, 5.41) is 3.43. The van der Waals surface area contributed by atoms with Gasteiger partial charge in [-0.25, -0.2) is 4.99 Å². The molecule has 2 aromatic carbocycles. The van der Waals surface area contributed by atoms with Crippen molar-refractivity contribution in [3.8, 4) is 0 Å². The van der Waals surface area contributed by atoms with Crippen LogP contribution in [-0.4, -0.2) is 16.3 Å². The monoisotopic (exact) mass is 282 g/mol. The predicted octanol–water partition coefficient (Wildman–Crippen LogP) is 3.15. The molecule has 0 aromatic heterocycles. The molecular weight excluding hydrogens is 268 g/mol. The number of aliphatic imine (C=N–C) groups is 1. The molecule has 1 aliphatic heterocycles. The molecule has 1 saturated heterocycles. The fourth-order valence-corrected chi connectivity index (χ4v) is 3.07. The molecule has 0 saturated carbocycles. The van der Waals surface area contributed by atoms with E-state index in [1.54, 1.807) is 0 Å². The first-order valence-corrected chi connectivity index (χ1v) is 7.34. The first kappa shape index (κ1) is 12.9. The van der Waals surface area contributed by atoms with Crippen molar-refractivity contribution in [2.75, 3.05) is 0 Å². The van der Waals surface area contributed by atoms with Crippen LogP contribution in [0.2, 0.25) is 0 Å². The highest BCUT2D eigenvalue weighted by atomic mass is 32.2. The van der Waals surface area contributed by atoms with Crippen LogP contribution in [0.4, 0.5) is 5.69 Å². The normalized spacial score (nSPS) is 20.1. The molecular formula is C16H14N2OS. The third-order valence-electron chi connectivity index (χ3n) is 3.03. The molecule has 1 amide bonds. The van der Waals surface area contributed by atoms with Crippen LogP contribution >= 0.6 is 11.8 Å². The number of para-hydroxylation sites is 1. The fraction of sp³-hybridized carbons (Fsp3) is 0.125. The Morgan fingerprint density at radius 1 is 1.00 bits per heavy atom. The van der Waals surface area contributed by atoms with E-state index in [1.807, 2.05) is 60.7 Å². The Labute approximate surface area is 122 Å². The molecule has 0 unspecified atom stereocenters. The van der Waals surface area contributed by atoms with E-state index in [0.29, 0.717) is 5.17 Å². The quantitative estimate of drug-likeness (QED) is 0.939. The Morgan fingerprint density at radius 2 is 1.65 bits per heavy atom. The molecule has 100 valence electrons. The average Bonchev–Trinajstić information content (AvgIpc) is 2.81. The molecule has 3 rings (SSSR count). The van der Waals surface area contributed by atoms with E-state index < -0.39 is 0 Å². The van der Waals surface area contributed by atoms with Crippen LogP contribution in [-0.2, 0) is 11.2 Å². The van der Waals surface area contributed by atoms with Crippen LogP contribution in [0.3, 0.4) is 0 Å². The summed E-state index contributed by atoms with van der Waals surface area (Å²) in [7, 11) is 0. The fourth-order valence-electron chi connectivity index (χ4n) is 2.04. The van der Waals surface area contributed by atoms with E-state index in [9.17, 15) is 4.79 Å². The van der Waals surface area contributed by atoms with Crippen LogP contribution in [0.5, 0.6) is 0 Å². The van der Waals surface area contributed by atoms with Crippen molar-refractivity contribution in [2.24, 2.45) is 4.99 Å². The summed E-state index contributed by atoms with van der Waals surface area (Å²) >= 11 is 1.50. The lowest BCUT2D eigenvalue weighted by molar-refractivity contribution is -0.118. The SMILES string of the molecule is O=C1NC(=Nc2ccccc2)S[C@H]1Cc1ccccc1. The van der Waals surface area contributed by atoms with E-state index >= 15 is 0 Å². The topological polar surface area (TPSA) is 41.5 Å². The van der Waals surface area contributed by atoms with Crippen molar-refractivity contribution >= 4 is 28.5 Å². The number of nitrogens with one attached hydrogen (secondary N) is 1. The van der Waals surface area contributed by atoms with Gasteiger partial charge in [0.2, 0.25) is 5.91 Å². The van der Waals surface area contributed by atoms with Crippen LogP contribution in [0.15, 0.2) is 65.7 Å². The maximum atomic E-state index is 12.0. The highest BCUT2D eigenvalue weighted by Gasteiger charge is 2.30. The zero-order valence-corrected chi connectivity index (χ0v) is 11.6. The summed E-state index contributed by atoms with van der Waals surface area (Å²) in [6.07, 6.45) is 0.727. The molecule has 1 atom stereocenters. The van der Waals surface area contributed by atoms with E-state index in [0.717, 1.165) is 12.1 Å². The molecule has 0 aliphatic carbocycles. The van der Waals surface area contributed by atoms with Crippen LogP contribution in [0.1, 0.15) is 5.56 Å². The van der Waals surface area contributed by atoms with E-state index in [1.165, 1.54) is 17.3 Å². The minimum absolute atomic E-state index is 0.0357. The maximum absolute atomic E-state index is 12.0. The molecule has 2 aromatic rings. The Hall–Kier alpha value is -2.07. The molecule has 4 heteroatoms. The van der Waals surface area contributed by atoms with Crippen LogP contribution in [0.25, 0.3) is 0 Å². The number of carbonyl (C=O) groups is 1. The van der Waals surface area contributed by atoms with E-state index in [2.05, 4.69) is 10.3 Å². The lowest BCUT2D eigenvalue weighted by Crippen LogP contribution is -2.25. The number of thioether (sulfide) groups is 1. The smallest absolute Gasteiger partial charge is 0.239 e. The number of amides is 1. The molecule has 0 radical (unpaired) electrons. The Balaban J connectivity index is 1.71. The van der Waals surface area contributed by atoms with Gasteiger partial charge in [0.15, 0.2) is 5.17 Å². The first-order valence-electron chi connectivity index (χ1n) is 6.46. The number of hydrogen-bond acceptors (Lipinski definition) is 3. The molecule has 3 nitrogen and oxygen atoms in total. The largest absolute Gasteiger partial charge is 0.304 e. The molecule has 1 fully saturated rings. The van der Waals surface area contributed by atoms with E-state index in [-0.39, 0.29) is 11.2 Å². The average molecular weight is 282 g/mol. The van der Waals surface area contributed by atoms with Gasteiger partial charge in [-0.2, -0.15) is 0 Å². The van der Waals surface area contributed by atoms with Crippen molar-refractivity contribution in [1.82, 2.24) is 5.32 Å². The van der Waals surface area contributed by atoms with Gasteiger partial charge in [-0.1, -0.05) is 60.3 Å². The first-order chi connectivity index (χ1) is 9.81.